The third-order valence-electron chi connectivity index (χ3n) is 4.40. The van der Waals surface area contributed by atoms with Gasteiger partial charge in [0.2, 0.25) is 0 Å². The summed E-state index contributed by atoms with van der Waals surface area (Å²) in [6.45, 7) is 0. The van der Waals surface area contributed by atoms with Gasteiger partial charge in [-0.3, -0.25) is 4.55 Å². The van der Waals surface area contributed by atoms with E-state index in [-0.39, 0.29) is 42.5 Å². The Morgan fingerprint density at radius 1 is 0.724 bits per heavy atom. The third kappa shape index (κ3) is 3.65. The molecule has 0 amide bonds. The Balaban J connectivity index is 2.61. The van der Waals surface area contributed by atoms with Crippen molar-refractivity contribution in [3.63, 3.8) is 0 Å². The molecular weight excluding hydrogens is 482 g/mol. The topological polar surface area (TPSA) is 94.8 Å². The molecule has 0 bridgehead atoms. The molecular formula is C19H12Cl4O5S. The van der Waals surface area contributed by atoms with Crippen LogP contribution in [0.2, 0.25) is 20.1 Å². The van der Waals surface area contributed by atoms with E-state index in [1.807, 2.05) is 0 Å². The van der Waals surface area contributed by atoms with Gasteiger partial charge in [-0.2, -0.15) is 8.42 Å². The molecule has 0 saturated carbocycles. The first-order chi connectivity index (χ1) is 13.5. The summed E-state index contributed by atoms with van der Waals surface area (Å²) in [5.74, 6) is -0.679. The van der Waals surface area contributed by atoms with Gasteiger partial charge < -0.3 is 10.2 Å². The Bertz CT molecular complexity index is 1190. The average molecular weight is 494 g/mol. The first kappa shape index (κ1) is 22.0. The van der Waals surface area contributed by atoms with Crippen molar-refractivity contribution in [1.29, 1.82) is 0 Å². The molecule has 0 aliphatic carbocycles. The summed E-state index contributed by atoms with van der Waals surface area (Å²) in [5.41, 5.74) is -0.256. The van der Waals surface area contributed by atoms with E-state index < -0.39 is 20.6 Å². The largest absolute Gasteiger partial charge is 0.508 e. The quantitative estimate of drug-likeness (QED) is 0.311. The average Bonchev–Trinajstić information content (AvgIpc) is 2.62. The van der Waals surface area contributed by atoms with Crippen molar-refractivity contribution in [2.24, 2.45) is 0 Å². The minimum absolute atomic E-state index is 0.00888. The van der Waals surface area contributed by atoms with Gasteiger partial charge in [0.1, 0.15) is 5.75 Å². The van der Waals surface area contributed by atoms with Gasteiger partial charge in [0.05, 0.1) is 10.0 Å². The highest BCUT2D eigenvalue weighted by Crippen LogP contribution is 2.50. The lowest BCUT2D eigenvalue weighted by Gasteiger charge is -2.34. The highest BCUT2D eigenvalue weighted by atomic mass is 35.5. The summed E-state index contributed by atoms with van der Waals surface area (Å²) in [5, 5.41) is 19.0. The summed E-state index contributed by atoms with van der Waals surface area (Å²) >= 11 is 24.7. The predicted molar refractivity (Wildman–Crippen MR) is 114 cm³/mol. The van der Waals surface area contributed by atoms with Crippen molar-refractivity contribution in [3.05, 3.63) is 91.4 Å². The van der Waals surface area contributed by atoms with E-state index in [1.54, 1.807) is 6.07 Å². The van der Waals surface area contributed by atoms with Crippen LogP contribution in [0.25, 0.3) is 0 Å². The lowest BCUT2D eigenvalue weighted by Crippen LogP contribution is -2.39. The predicted octanol–water partition coefficient (Wildman–Crippen LogP) is 5.89. The molecule has 152 valence electrons. The fourth-order valence-electron chi connectivity index (χ4n) is 3.19. The van der Waals surface area contributed by atoms with Gasteiger partial charge in [-0.05, 0) is 35.9 Å². The highest BCUT2D eigenvalue weighted by Gasteiger charge is 2.51. The number of rotatable bonds is 4. The Labute approximate surface area is 186 Å². The van der Waals surface area contributed by atoms with E-state index in [1.165, 1.54) is 30.3 Å². The molecule has 1 atom stereocenters. The van der Waals surface area contributed by atoms with Crippen molar-refractivity contribution in [3.8, 4) is 11.5 Å². The monoisotopic (exact) mass is 492 g/mol. The van der Waals surface area contributed by atoms with Crippen molar-refractivity contribution in [2.45, 2.75) is 4.75 Å². The first-order valence-electron chi connectivity index (χ1n) is 7.89. The maximum atomic E-state index is 13.0. The van der Waals surface area contributed by atoms with Gasteiger partial charge in [-0.1, -0.05) is 70.7 Å². The van der Waals surface area contributed by atoms with Crippen LogP contribution in [0.15, 0.2) is 54.6 Å². The number of phenolic OH excluding ortho intramolecular Hbond substituents is 2. The standard InChI is InChI=1S/C19H12Cl4O5S/c20-14-4-2-1-3-12(14)19(29(26,27)28,13-6-5-11(24)9-15(13)21)10-7-16(22)18(25)17(23)8-10/h1-9,24-25H,(H,26,27,28). The Hall–Kier alpha value is -1.67. The molecule has 0 aromatic heterocycles. The summed E-state index contributed by atoms with van der Waals surface area (Å²) in [6, 6.07) is 11.8. The van der Waals surface area contributed by atoms with E-state index in [0.29, 0.717) is 0 Å². The number of hydrogen-bond donors (Lipinski definition) is 3. The molecule has 0 saturated heterocycles. The Kier molecular flexibility index (Phi) is 5.98. The van der Waals surface area contributed by atoms with Crippen LogP contribution in [0.4, 0.5) is 0 Å². The zero-order chi connectivity index (χ0) is 21.6. The molecule has 0 heterocycles. The molecule has 3 aromatic carbocycles. The van der Waals surface area contributed by atoms with Crippen LogP contribution in [-0.2, 0) is 14.9 Å². The van der Waals surface area contributed by atoms with Gasteiger partial charge >= 0.3 is 0 Å². The van der Waals surface area contributed by atoms with E-state index in [2.05, 4.69) is 0 Å². The second-order valence-electron chi connectivity index (χ2n) is 6.09. The molecule has 0 spiro atoms. The number of aromatic hydroxyl groups is 2. The van der Waals surface area contributed by atoms with Crippen LogP contribution >= 0.6 is 46.4 Å². The smallest absolute Gasteiger partial charge is 0.283 e. The van der Waals surface area contributed by atoms with Crippen molar-refractivity contribution in [2.75, 3.05) is 0 Å². The minimum atomic E-state index is -5.04. The minimum Gasteiger partial charge on any atom is -0.508 e. The van der Waals surface area contributed by atoms with Crippen LogP contribution in [0.1, 0.15) is 16.7 Å². The van der Waals surface area contributed by atoms with Gasteiger partial charge in [-0.15, -0.1) is 0 Å². The molecule has 5 nitrogen and oxygen atoms in total. The lowest BCUT2D eigenvalue weighted by atomic mass is 9.83. The zero-order valence-corrected chi connectivity index (χ0v) is 18.1. The second-order valence-corrected chi connectivity index (χ2v) is 9.28. The first-order valence-corrected chi connectivity index (χ1v) is 10.8. The van der Waals surface area contributed by atoms with E-state index in [4.69, 9.17) is 46.4 Å². The van der Waals surface area contributed by atoms with Crippen molar-refractivity contribution in [1.82, 2.24) is 0 Å². The van der Waals surface area contributed by atoms with Gasteiger partial charge in [0.25, 0.3) is 10.1 Å². The fourth-order valence-corrected chi connectivity index (χ4v) is 5.71. The SMILES string of the molecule is O=S(=O)(O)C(c1cc(Cl)c(O)c(Cl)c1)(c1ccccc1Cl)c1ccc(O)cc1Cl. The number of halogens is 4. The van der Waals surface area contributed by atoms with Crippen LogP contribution in [0.3, 0.4) is 0 Å². The Morgan fingerprint density at radius 3 is 1.79 bits per heavy atom. The molecule has 1 unspecified atom stereocenters. The molecule has 10 heteroatoms. The molecule has 0 aliphatic rings. The van der Waals surface area contributed by atoms with E-state index in [0.717, 1.165) is 18.2 Å². The maximum absolute atomic E-state index is 13.0. The molecule has 3 aromatic rings. The number of benzene rings is 3. The fraction of sp³-hybridized carbons (Fsp3) is 0.0526. The second kappa shape index (κ2) is 7.87. The van der Waals surface area contributed by atoms with Gasteiger partial charge in [0, 0.05) is 21.2 Å². The van der Waals surface area contributed by atoms with Crippen LogP contribution in [-0.4, -0.2) is 23.2 Å². The van der Waals surface area contributed by atoms with Crippen molar-refractivity contribution < 1.29 is 23.2 Å². The molecule has 3 rings (SSSR count). The molecule has 3 N–H and O–H groups in total. The van der Waals surface area contributed by atoms with Gasteiger partial charge in [0.15, 0.2) is 10.5 Å². The molecule has 0 radical (unpaired) electrons. The normalized spacial score (nSPS) is 13.8. The zero-order valence-electron chi connectivity index (χ0n) is 14.3. The molecule has 0 aliphatic heterocycles. The molecule has 0 fully saturated rings. The summed E-state index contributed by atoms with van der Waals surface area (Å²) in [4.78, 5) is 0. The van der Waals surface area contributed by atoms with Gasteiger partial charge in [-0.25, -0.2) is 0 Å². The number of phenols is 2. The summed E-state index contributed by atoms with van der Waals surface area (Å²) in [7, 11) is -5.04. The van der Waals surface area contributed by atoms with Crippen LogP contribution in [0.5, 0.6) is 11.5 Å². The van der Waals surface area contributed by atoms with Crippen molar-refractivity contribution >= 4 is 56.5 Å². The Morgan fingerprint density at radius 2 is 1.28 bits per heavy atom. The van der Waals surface area contributed by atoms with Crippen LogP contribution in [0, 0.1) is 0 Å². The number of hydrogen-bond acceptors (Lipinski definition) is 4. The van der Waals surface area contributed by atoms with Crippen LogP contribution < -0.4 is 0 Å². The third-order valence-corrected chi connectivity index (χ3v) is 7.06. The molecule has 29 heavy (non-hydrogen) atoms. The summed E-state index contributed by atoms with van der Waals surface area (Å²) < 4.78 is 34.1. The van der Waals surface area contributed by atoms with E-state index in [9.17, 15) is 23.2 Å². The summed E-state index contributed by atoms with van der Waals surface area (Å²) in [6.07, 6.45) is 0. The lowest BCUT2D eigenvalue weighted by molar-refractivity contribution is 0.456. The van der Waals surface area contributed by atoms with E-state index >= 15 is 0 Å². The highest BCUT2D eigenvalue weighted by molar-refractivity contribution is 7.87. The maximum Gasteiger partial charge on any atom is 0.283 e.